The number of carbonyl (C=O) groups excluding carboxylic acids is 1. The van der Waals surface area contributed by atoms with Crippen LogP contribution in [0.3, 0.4) is 0 Å². The fourth-order valence-corrected chi connectivity index (χ4v) is 4.45. The number of hydrogen-bond acceptors (Lipinski definition) is 5. The van der Waals surface area contributed by atoms with Crippen molar-refractivity contribution in [3.63, 3.8) is 0 Å². The van der Waals surface area contributed by atoms with E-state index in [0.717, 1.165) is 54.3 Å². The van der Waals surface area contributed by atoms with Gasteiger partial charge in [-0.25, -0.2) is 4.98 Å². The van der Waals surface area contributed by atoms with Crippen LogP contribution in [-0.2, 0) is 22.4 Å². The molecule has 1 aromatic rings. The molecular weight excluding hydrogens is 326 g/mol. The monoisotopic (exact) mass is 351 g/mol. The van der Waals surface area contributed by atoms with Crippen molar-refractivity contribution in [3.8, 4) is 0 Å². The molecule has 0 radical (unpaired) electrons. The molecule has 0 aromatic carbocycles. The molecule has 2 aliphatic rings. The largest absolute Gasteiger partial charge is 0.382 e. The molecule has 0 bridgehead atoms. The summed E-state index contributed by atoms with van der Waals surface area (Å²) in [6.45, 7) is 3.93. The van der Waals surface area contributed by atoms with Gasteiger partial charge in [0.2, 0.25) is 5.91 Å². The molecule has 0 spiro atoms. The highest BCUT2D eigenvalue weighted by Crippen LogP contribution is 2.33. The van der Waals surface area contributed by atoms with Gasteiger partial charge in [-0.3, -0.25) is 14.2 Å². The van der Waals surface area contributed by atoms with Crippen molar-refractivity contribution >= 4 is 17.7 Å². The Bertz CT molecular complexity index is 659. The van der Waals surface area contributed by atoms with E-state index < -0.39 is 0 Å². The first-order valence-electron chi connectivity index (χ1n) is 8.82. The van der Waals surface area contributed by atoms with Crippen LogP contribution in [0.5, 0.6) is 0 Å². The third kappa shape index (κ3) is 3.83. The molecule has 1 aromatic heterocycles. The van der Waals surface area contributed by atoms with E-state index >= 15 is 0 Å². The van der Waals surface area contributed by atoms with Gasteiger partial charge in [0.05, 0.1) is 11.7 Å². The molecular formula is C17H25N3O3S. The maximum atomic E-state index is 12.8. The smallest absolute Gasteiger partial charge is 0.257 e. The second-order valence-corrected chi connectivity index (χ2v) is 7.26. The number of amides is 1. The minimum atomic E-state index is -0.0795. The minimum absolute atomic E-state index is 0.00503. The third-order valence-corrected chi connectivity index (χ3v) is 5.63. The van der Waals surface area contributed by atoms with Crippen molar-refractivity contribution in [3.05, 3.63) is 21.6 Å². The number of nitrogens with zero attached hydrogens (tertiary/aromatic N) is 2. The van der Waals surface area contributed by atoms with Gasteiger partial charge in [0.25, 0.3) is 5.56 Å². The molecule has 2 heterocycles. The molecule has 1 aliphatic heterocycles. The number of carbonyl (C=O) groups is 1. The molecule has 0 saturated carbocycles. The van der Waals surface area contributed by atoms with Crippen LogP contribution in [0.15, 0.2) is 9.95 Å². The minimum Gasteiger partial charge on any atom is -0.382 e. The van der Waals surface area contributed by atoms with E-state index in [1.165, 1.54) is 0 Å². The first-order valence-corrected chi connectivity index (χ1v) is 9.80. The van der Waals surface area contributed by atoms with Crippen LogP contribution in [0.1, 0.15) is 49.9 Å². The Morgan fingerprint density at radius 1 is 1.42 bits per heavy atom. The van der Waals surface area contributed by atoms with E-state index in [4.69, 9.17) is 4.74 Å². The van der Waals surface area contributed by atoms with Crippen molar-refractivity contribution in [2.45, 2.75) is 56.6 Å². The standard InChI is InChI=1S/C17H25N3O3S/c1-2-23-9-5-8-18-15(21)10-12-11-24-17-19-14-7-4-3-6-13(14)16(22)20(12)17/h12H,2-11H2,1H3,(H,18,21). The third-order valence-electron chi connectivity index (χ3n) is 4.54. The summed E-state index contributed by atoms with van der Waals surface area (Å²) < 4.78 is 7.01. The maximum Gasteiger partial charge on any atom is 0.257 e. The Labute approximate surface area is 146 Å². The number of hydrogen-bond donors (Lipinski definition) is 1. The predicted octanol–water partition coefficient (Wildman–Crippen LogP) is 1.70. The molecule has 1 unspecified atom stereocenters. The summed E-state index contributed by atoms with van der Waals surface area (Å²) in [6.07, 6.45) is 5.05. The summed E-state index contributed by atoms with van der Waals surface area (Å²) in [5, 5.41) is 3.70. The first kappa shape index (κ1) is 17.5. The van der Waals surface area contributed by atoms with Crippen molar-refractivity contribution in [1.29, 1.82) is 0 Å². The van der Waals surface area contributed by atoms with Gasteiger partial charge in [-0.1, -0.05) is 11.8 Å². The van der Waals surface area contributed by atoms with Crippen LogP contribution in [0.2, 0.25) is 0 Å². The number of ether oxygens (including phenoxy) is 1. The van der Waals surface area contributed by atoms with Crippen molar-refractivity contribution in [2.24, 2.45) is 0 Å². The van der Waals surface area contributed by atoms with Crippen molar-refractivity contribution in [2.75, 3.05) is 25.5 Å². The Balaban J connectivity index is 1.62. The quantitative estimate of drug-likeness (QED) is 0.598. The molecule has 1 atom stereocenters. The number of rotatable bonds is 7. The average Bonchev–Trinajstić information content (AvgIpc) is 2.98. The second-order valence-electron chi connectivity index (χ2n) is 6.27. The zero-order valence-corrected chi connectivity index (χ0v) is 15.0. The molecule has 1 amide bonds. The molecule has 3 rings (SSSR count). The van der Waals surface area contributed by atoms with E-state index in [0.29, 0.717) is 26.2 Å². The van der Waals surface area contributed by atoms with Gasteiger partial charge in [0.1, 0.15) is 0 Å². The van der Waals surface area contributed by atoms with Gasteiger partial charge >= 0.3 is 0 Å². The first-order chi connectivity index (χ1) is 11.7. The number of thioether (sulfide) groups is 1. The summed E-state index contributed by atoms with van der Waals surface area (Å²) in [7, 11) is 0. The Morgan fingerprint density at radius 2 is 2.25 bits per heavy atom. The normalized spacial score (nSPS) is 19.0. The van der Waals surface area contributed by atoms with Crippen molar-refractivity contribution in [1.82, 2.24) is 14.9 Å². The van der Waals surface area contributed by atoms with E-state index in [1.54, 1.807) is 16.3 Å². The van der Waals surface area contributed by atoms with Gasteiger partial charge < -0.3 is 10.1 Å². The van der Waals surface area contributed by atoms with Crippen LogP contribution in [0.25, 0.3) is 0 Å². The van der Waals surface area contributed by atoms with Crippen LogP contribution >= 0.6 is 11.8 Å². The summed E-state index contributed by atoms with van der Waals surface area (Å²) in [5.74, 6) is 0.742. The van der Waals surface area contributed by atoms with Crippen LogP contribution < -0.4 is 10.9 Å². The summed E-state index contributed by atoms with van der Waals surface area (Å²) in [4.78, 5) is 29.6. The number of fused-ring (bicyclic) bond motifs is 2. The lowest BCUT2D eigenvalue weighted by molar-refractivity contribution is -0.121. The SMILES string of the molecule is CCOCCCNC(=O)CC1CSc2nc3c(c(=O)n21)CCCC3. The molecule has 0 fully saturated rings. The zero-order chi connectivity index (χ0) is 16.9. The molecule has 1 N–H and O–H groups in total. The molecule has 132 valence electrons. The topological polar surface area (TPSA) is 73.2 Å². The van der Waals surface area contributed by atoms with Crippen LogP contribution in [0, 0.1) is 0 Å². The molecule has 0 saturated heterocycles. The van der Waals surface area contributed by atoms with E-state index in [1.807, 2.05) is 6.92 Å². The van der Waals surface area contributed by atoms with Crippen LogP contribution in [0.4, 0.5) is 0 Å². The van der Waals surface area contributed by atoms with E-state index in [2.05, 4.69) is 10.3 Å². The summed E-state index contributed by atoms with van der Waals surface area (Å²) in [5.41, 5.74) is 1.93. The fraction of sp³-hybridized carbons (Fsp3) is 0.706. The predicted molar refractivity (Wildman–Crippen MR) is 93.6 cm³/mol. The Kier molecular flexibility index (Phi) is 5.94. The number of aromatic nitrogens is 2. The lowest BCUT2D eigenvalue weighted by Crippen LogP contribution is -2.34. The lowest BCUT2D eigenvalue weighted by Gasteiger charge is -2.18. The fourth-order valence-electron chi connectivity index (χ4n) is 3.30. The van der Waals surface area contributed by atoms with Crippen LogP contribution in [-0.4, -0.2) is 41.0 Å². The summed E-state index contributed by atoms with van der Waals surface area (Å²) >= 11 is 1.59. The highest BCUT2D eigenvalue weighted by Gasteiger charge is 2.30. The average molecular weight is 351 g/mol. The molecule has 6 nitrogen and oxygen atoms in total. The highest BCUT2D eigenvalue weighted by molar-refractivity contribution is 7.99. The summed E-state index contributed by atoms with van der Waals surface area (Å²) in [6, 6.07) is -0.0795. The van der Waals surface area contributed by atoms with Gasteiger partial charge in [0.15, 0.2) is 5.16 Å². The van der Waals surface area contributed by atoms with Gasteiger partial charge in [-0.2, -0.15) is 0 Å². The van der Waals surface area contributed by atoms with Gasteiger partial charge in [0, 0.05) is 37.5 Å². The molecule has 7 heteroatoms. The maximum absolute atomic E-state index is 12.8. The lowest BCUT2D eigenvalue weighted by atomic mass is 9.97. The van der Waals surface area contributed by atoms with Gasteiger partial charge in [-0.05, 0) is 39.0 Å². The molecule has 24 heavy (non-hydrogen) atoms. The van der Waals surface area contributed by atoms with E-state index in [-0.39, 0.29) is 17.5 Å². The number of aryl methyl sites for hydroxylation is 1. The Morgan fingerprint density at radius 3 is 3.08 bits per heavy atom. The van der Waals surface area contributed by atoms with Gasteiger partial charge in [-0.15, -0.1) is 0 Å². The highest BCUT2D eigenvalue weighted by atomic mass is 32.2. The Hall–Kier alpha value is -1.34. The molecule has 1 aliphatic carbocycles. The van der Waals surface area contributed by atoms with Crippen molar-refractivity contribution < 1.29 is 9.53 Å². The number of nitrogens with one attached hydrogen (secondary N) is 1. The van der Waals surface area contributed by atoms with E-state index in [9.17, 15) is 9.59 Å². The second kappa shape index (κ2) is 8.16. The zero-order valence-electron chi connectivity index (χ0n) is 14.2.